The smallest absolute Gasteiger partial charge is 0.313 e. The van der Waals surface area contributed by atoms with Crippen molar-refractivity contribution in [1.82, 2.24) is 0 Å². The number of nitrogens with zero attached hydrogens (tertiary/aromatic N) is 2. The van der Waals surface area contributed by atoms with E-state index in [9.17, 15) is 33.4 Å². The third kappa shape index (κ3) is 4.90. The number of aryl methyl sites for hydroxylation is 2. The molecule has 7 nitrogen and oxygen atoms in total. The second-order valence-corrected chi connectivity index (χ2v) is 4.84. The number of nitro groups is 2. The van der Waals surface area contributed by atoms with Crippen LogP contribution in [0.1, 0.15) is 11.1 Å². The highest BCUT2D eigenvalue weighted by molar-refractivity contribution is 5.48. The Morgan fingerprint density at radius 2 is 1.24 bits per heavy atom. The van der Waals surface area contributed by atoms with Crippen molar-refractivity contribution in [2.45, 2.75) is 13.8 Å². The summed E-state index contributed by atoms with van der Waals surface area (Å²) < 4.78 is 43.0. The number of rotatable bonds is 3. The van der Waals surface area contributed by atoms with Crippen molar-refractivity contribution in [1.29, 1.82) is 0 Å². The molecule has 0 aliphatic rings. The third-order valence-corrected chi connectivity index (χ3v) is 3.08. The maximum Gasteiger partial charge on any atom is 0.313 e. The van der Waals surface area contributed by atoms with Gasteiger partial charge < -0.3 is 4.74 Å². The summed E-state index contributed by atoms with van der Waals surface area (Å²) in [7, 11) is 1.31. The predicted molar refractivity (Wildman–Crippen MR) is 82.1 cm³/mol. The standard InChI is InChI=1S/C8H8FNO3.C7H5F2NO2/c1-5-3-8(13-2)7(10(11)12)4-6(5)9;1-4-2-6(9)7(10(11)12)3-5(4)8/h3-4H,1-2H3;2-3H,1H3. The fourth-order valence-electron chi connectivity index (χ4n) is 1.73. The molecule has 0 atom stereocenters. The van der Waals surface area contributed by atoms with Crippen LogP contribution in [0.2, 0.25) is 0 Å². The van der Waals surface area contributed by atoms with Crippen LogP contribution in [0, 0.1) is 51.5 Å². The van der Waals surface area contributed by atoms with Crippen molar-refractivity contribution in [2.24, 2.45) is 0 Å². The number of nitro benzene ring substituents is 2. The van der Waals surface area contributed by atoms with Gasteiger partial charge in [0.15, 0.2) is 5.75 Å². The van der Waals surface area contributed by atoms with Crippen molar-refractivity contribution in [2.75, 3.05) is 7.11 Å². The lowest BCUT2D eigenvalue weighted by Crippen LogP contribution is -1.96. The highest BCUT2D eigenvalue weighted by Gasteiger charge is 2.17. The largest absolute Gasteiger partial charge is 0.490 e. The second-order valence-electron chi connectivity index (χ2n) is 4.84. The summed E-state index contributed by atoms with van der Waals surface area (Å²) in [4.78, 5) is 18.8. The van der Waals surface area contributed by atoms with E-state index in [1.807, 2.05) is 0 Å². The average Bonchev–Trinajstić information content (AvgIpc) is 2.53. The van der Waals surface area contributed by atoms with E-state index in [1.54, 1.807) is 0 Å². The average molecular weight is 358 g/mol. The SMILES string of the molecule is COc1cc(C)c(F)cc1[N+](=O)[O-].Cc1cc(F)c([N+](=O)[O-])cc1F. The molecule has 2 aromatic rings. The molecule has 10 heteroatoms. The predicted octanol–water partition coefficient (Wildman–Crippen LogP) is 4.23. The topological polar surface area (TPSA) is 95.5 Å². The Morgan fingerprint density at radius 1 is 0.800 bits per heavy atom. The molecule has 0 heterocycles. The molecule has 0 fully saturated rings. The van der Waals surface area contributed by atoms with Gasteiger partial charge in [0.2, 0.25) is 5.82 Å². The van der Waals surface area contributed by atoms with Gasteiger partial charge in [-0.1, -0.05) is 0 Å². The zero-order valence-electron chi connectivity index (χ0n) is 13.4. The minimum absolute atomic E-state index is 0.0538. The lowest BCUT2D eigenvalue weighted by atomic mass is 10.2. The van der Waals surface area contributed by atoms with Gasteiger partial charge in [0, 0.05) is 0 Å². The van der Waals surface area contributed by atoms with Gasteiger partial charge in [0.05, 0.1) is 29.1 Å². The van der Waals surface area contributed by atoms with Crippen LogP contribution in [0.5, 0.6) is 5.75 Å². The number of halogens is 3. The first-order valence-electron chi connectivity index (χ1n) is 6.67. The van der Waals surface area contributed by atoms with Crippen LogP contribution in [-0.4, -0.2) is 17.0 Å². The maximum atomic E-state index is 12.9. The molecule has 2 rings (SSSR count). The molecule has 134 valence electrons. The van der Waals surface area contributed by atoms with Crippen molar-refractivity contribution in [3.05, 3.63) is 73.1 Å². The molecule has 0 saturated carbocycles. The summed E-state index contributed by atoms with van der Waals surface area (Å²) in [5.74, 6) is -2.32. The zero-order valence-corrected chi connectivity index (χ0v) is 13.4. The number of ether oxygens (including phenoxy) is 1. The van der Waals surface area contributed by atoms with Gasteiger partial charge in [-0.05, 0) is 37.1 Å². The zero-order chi connectivity index (χ0) is 19.3. The third-order valence-electron chi connectivity index (χ3n) is 3.08. The fraction of sp³-hybridized carbons (Fsp3) is 0.200. The van der Waals surface area contributed by atoms with Crippen molar-refractivity contribution in [3.63, 3.8) is 0 Å². The van der Waals surface area contributed by atoms with E-state index in [-0.39, 0.29) is 17.0 Å². The number of methoxy groups -OCH3 is 1. The Kier molecular flexibility index (Phi) is 6.43. The summed E-state index contributed by atoms with van der Waals surface area (Å²) in [5.41, 5.74) is -0.816. The van der Waals surface area contributed by atoms with Crippen LogP contribution in [0.4, 0.5) is 24.5 Å². The summed E-state index contributed by atoms with van der Waals surface area (Å²) in [5, 5.41) is 20.5. The van der Waals surface area contributed by atoms with Gasteiger partial charge in [0.1, 0.15) is 11.6 Å². The first kappa shape index (κ1) is 19.9. The Bertz CT molecular complexity index is 827. The molecule has 0 N–H and O–H groups in total. The van der Waals surface area contributed by atoms with Crippen LogP contribution >= 0.6 is 0 Å². The number of hydrogen-bond donors (Lipinski definition) is 0. The first-order valence-corrected chi connectivity index (χ1v) is 6.67. The molecule has 25 heavy (non-hydrogen) atoms. The number of hydrogen-bond acceptors (Lipinski definition) is 5. The summed E-state index contributed by atoms with van der Waals surface area (Å²) in [6.07, 6.45) is 0. The van der Waals surface area contributed by atoms with Crippen molar-refractivity contribution >= 4 is 11.4 Å². The summed E-state index contributed by atoms with van der Waals surface area (Å²) in [6.45, 7) is 2.85. The molecular weight excluding hydrogens is 345 g/mol. The molecule has 0 aliphatic heterocycles. The maximum absolute atomic E-state index is 12.9. The molecule has 0 spiro atoms. The van der Waals surface area contributed by atoms with Crippen molar-refractivity contribution < 1.29 is 27.8 Å². The van der Waals surface area contributed by atoms with Crippen LogP contribution < -0.4 is 4.74 Å². The lowest BCUT2D eigenvalue weighted by Gasteiger charge is -2.02. The Labute approximate surface area is 140 Å². The van der Waals surface area contributed by atoms with E-state index < -0.39 is 33.0 Å². The Morgan fingerprint density at radius 3 is 1.68 bits per heavy atom. The quantitative estimate of drug-likeness (QED) is 0.604. The van der Waals surface area contributed by atoms with Crippen LogP contribution in [0.15, 0.2) is 24.3 Å². The van der Waals surface area contributed by atoms with Gasteiger partial charge in [-0.3, -0.25) is 20.2 Å². The lowest BCUT2D eigenvalue weighted by molar-refractivity contribution is -0.387. The van der Waals surface area contributed by atoms with E-state index in [1.165, 1.54) is 27.0 Å². The van der Waals surface area contributed by atoms with E-state index in [2.05, 4.69) is 0 Å². The van der Waals surface area contributed by atoms with Gasteiger partial charge >= 0.3 is 11.4 Å². The first-order chi connectivity index (χ1) is 11.6. The molecule has 0 amide bonds. The van der Waals surface area contributed by atoms with Crippen molar-refractivity contribution in [3.8, 4) is 5.75 Å². The van der Waals surface area contributed by atoms with Crippen LogP contribution in [-0.2, 0) is 0 Å². The van der Waals surface area contributed by atoms with E-state index in [4.69, 9.17) is 4.74 Å². The van der Waals surface area contributed by atoms with Gasteiger partial charge in [-0.2, -0.15) is 4.39 Å². The minimum Gasteiger partial charge on any atom is -0.490 e. The molecule has 0 unspecified atom stereocenters. The van der Waals surface area contributed by atoms with Gasteiger partial charge in [-0.15, -0.1) is 0 Å². The molecule has 0 aromatic heterocycles. The highest BCUT2D eigenvalue weighted by Crippen LogP contribution is 2.29. The molecule has 0 aliphatic carbocycles. The fourth-order valence-corrected chi connectivity index (χ4v) is 1.73. The highest BCUT2D eigenvalue weighted by atomic mass is 19.1. The van der Waals surface area contributed by atoms with E-state index in [0.717, 1.165) is 12.1 Å². The Balaban J connectivity index is 0.000000251. The monoisotopic (exact) mass is 358 g/mol. The second kappa shape index (κ2) is 8.08. The number of benzene rings is 2. The van der Waals surface area contributed by atoms with E-state index >= 15 is 0 Å². The Hall–Kier alpha value is -3.17. The van der Waals surface area contributed by atoms with Gasteiger partial charge in [-0.25, -0.2) is 8.78 Å². The molecule has 0 radical (unpaired) electrons. The minimum atomic E-state index is -1.01. The summed E-state index contributed by atoms with van der Waals surface area (Å²) in [6, 6.07) is 3.53. The summed E-state index contributed by atoms with van der Waals surface area (Å²) >= 11 is 0. The van der Waals surface area contributed by atoms with Crippen LogP contribution in [0.3, 0.4) is 0 Å². The van der Waals surface area contributed by atoms with Crippen LogP contribution in [0.25, 0.3) is 0 Å². The molecule has 2 aromatic carbocycles. The normalized spacial score (nSPS) is 9.84. The molecule has 0 saturated heterocycles. The molecule has 0 bridgehead atoms. The van der Waals surface area contributed by atoms with E-state index in [0.29, 0.717) is 11.6 Å². The van der Waals surface area contributed by atoms with Gasteiger partial charge in [0.25, 0.3) is 0 Å². The molecular formula is C15H13F3N2O5.